The SMILES string of the molecule is Cc1nn(C)c(C)c1CNc1ccc(F)c(C(N)=O)c1. The molecule has 20 heavy (non-hydrogen) atoms. The number of anilines is 1. The molecule has 3 N–H and O–H groups in total. The minimum absolute atomic E-state index is 0.116. The van der Waals surface area contributed by atoms with E-state index in [-0.39, 0.29) is 5.56 Å². The number of carbonyl (C=O) groups excluding carboxylic acids is 1. The van der Waals surface area contributed by atoms with Gasteiger partial charge in [0.2, 0.25) is 0 Å². The Hall–Kier alpha value is -2.37. The van der Waals surface area contributed by atoms with E-state index in [2.05, 4.69) is 10.4 Å². The van der Waals surface area contributed by atoms with E-state index in [9.17, 15) is 9.18 Å². The molecule has 0 unspecified atom stereocenters. The lowest BCUT2D eigenvalue weighted by atomic mass is 10.1. The number of carbonyl (C=O) groups is 1. The second-order valence-electron chi connectivity index (χ2n) is 4.69. The minimum Gasteiger partial charge on any atom is -0.381 e. The molecule has 106 valence electrons. The van der Waals surface area contributed by atoms with Crippen LogP contribution in [-0.4, -0.2) is 15.7 Å². The summed E-state index contributed by atoms with van der Waals surface area (Å²) in [5.74, 6) is -1.39. The standard InChI is InChI=1S/C14H17FN4O/c1-8-12(9(2)19(3)18-8)7-17-10-4-5-13(15)11(6-10)14(16)20/h4-6,17H,7H2,1-3H3,(H2,16,20). The second kappa shape index (κ2) is 5.32. The van der Waals surface area contributed by atoms with E-state index < -0.39 is 11.7 Å². The average Bonchev–Trinajstić information content (AvgIpc) is 2.62. The van der Waals surface area contributed by atoms with Crippen LogP contribution in [0.4, 0.5) is 10.1 Å². The zero-order chi connectivity index (χ0) is 14.9. The van der Waals surface area contributed by atoms with Crippen molar-refractivity contribution < 1.29 is 9.18 Å². The van der Waals surface area contributed by atoms with Gasteiger partial charge in [0.1, 0.15) is 5.82 Å². The van der Waals surface area contributed by atoms with Crippen LogP contribution in [0.2, 0.25) is 0 Å². The summed E-state index contributed by atoms with van der Waals surface area (Å²) in [5, 5.41) is 7.48. The Morgan fingerprint density at radius 3 is 2.70 bits per heavy atom. The maximum absolute atomic E-state index is 13.4. The zero-order valence-electron chi connectivity index (χ0n) is 11.7. The summed E-state index contributed by atoms with van der Waals surface area (Å²) in [7, 11) is 1.88. The number of hydrogen-bond acceptors (Lipinski definition) is 3. The molecule has 0 aliphatic heterocycles. The number of nitrogens with zero attached hydrogens (tertiary/aromatic N) is 2. The molecule has 2 rings (SSSR count). The predicted octanol–water partition coefficient (Wildman–Crippen LogP) is 1.89. The van der Waals surface area contributed by atoms with Gasteiger partial charge in [-0.1, -0.05) is 0 Å². The molecule has 0 fully saturated rings. The Bertz CT molecular complexity index is 663. The highest BCUT2D eigenvalue weighted by Gasteiger charge is 2.11. The van der Waals surface area contributed by atoms with Gasteiger partial charge >= 0.3 is 0 Å². The first kappa shape index (κ1) is 14.0. The summed E-state index contributed by atoms with van der Waals surface area (Å²) < 4.78 is 15.2. The number of amides is 1. The van der Waals surface area contributed by atoms with E-state index in [0.717, 1.165) is 17.0 Å². The zero-order valence-corrected chi connectivity index (χ0v) is 11.7. The van der Waals surface area contributed by atoms with Gasteiger partial charge in [0.15, 0.2) is 0 Å². The van der Waals surface area contributed by atoms with Crippen LogP contribution < -0.4 is 11.1 Å². The fourth-order valence-electron chi connectivity index (χ4n) is 2.09. The molecule has 0 bridgehead atoms. The van der Waals surface area contributed by atoms with Gasteiger partial charge in [-0.3, -0.25) is 9.48 Å². The number of rotatable bonds is 4. The van der Waals surface area contributed by atoms with Crippen LogP contribution in [0.5, 0.6) is 0 Å². The van der Waals surface area contributed by atoms with Crippen molar-refractivity contribution in [3.8, 4) is 0 Å². The Kier molecular flexibility index (Phi) is 3.74. The van der Waals surface area contributed by atoms with Gasteiger partial charge in [-0.05, 0) is 32.0 Å². The Morgan fingerprint density at radius 1 is 1.45 bits per heavy atom. The quantitative estimate of drug-likeness (QED) is 0.895. The molecular weight excluding hydrogens is 259 g/mol. The number of halogens is 1. The maximum atomic E-state index is 13.4. The first-order chi connectivity index (χ1) is 9.40. The second-order valence-corrected chi connectivity index (χ2v) is 4.69. The third-order valence-corrected chi connectivity index (χ3v) is 3.36. The molecule has 0 aliphatic rings. The largest absolute Gasteiger partial charge is 0.381 e. The number of aryl methyl sites for hydroxylation is 2. The van der Waals surface area contributed by atoms with Crippen molar-refractivity contribution >= 4 is 11.6 Å². The number of aromatic nitrogens is 2. The van der Waals surface area contributed by atoms with Crippen LogP contribution in [0.25, 0.3) is 0 Å². The fourth-order valence-corrected chi connectivity index (χ4v) is 2.09. The van der Waals surface area contributed by atoms with E-state index in [4.69, 9.17) is 5.73 Å². The van der Waals surface area contributed by atoms with Crippen molar-refractivity contribution in [2.24, 2.45) is 12.8 Å². The lowest BCUT2D eigenvalue weighted by Crippen LogP contribution is -2.13. The molecule has 1 heterocycles. The van der Waals surface area contributed by atoms with E-state index in [1.807, 2.05) is 25.6 Å². The third-order valence-electron chi connectivity index (χ3n) is 3.36. The average molecular weight is 276 g/mol. The van der Waals surface area contributed by atoms with Crippen molar-refractivity contribution in [3.05, 3.63) is 46.5 Å². The van der Waals surface area contributed by atoms with Crippen LogP contribution in [0, 0.1) is 19.7 Å². The number of nitrogens with two attached hydrogens (primary N) is 1. The van der Waals surface area contributed by atoms with E-state index >= 15 is 0 Å². The predicted molar refractivity (Wildman–Crippen MR) is 74.9 cm³/mol. The van der Waals surface area contributed by atoms with Crippen LogP contribution in [-0.2, 0) is 13.6 Å². The van der Waals surface area contributed by atoms with Gasteiger partial charge in [0.25, 0.3) is 5.91 Å². The van der Waals surface area contributed by atoms with Gasteiger partial charge < -0.3 is 11.1 Å². The number of hydrogen-bond donors (Lipinski definition) is 2. The summed E-state index contributed by atoms with van der Waals surface area (Å²) >= 11 is 0. The van der Waals surface area contributed by atoms with Gasteiger partial charge in [0, 0.05) is 30.5 Å². The molecule has 1 aromatic carbocycles. The summed E-state index contributed by atoms with van der Waals surface area (Å²) in [4.78, 5) is 11.1. The normalized spacial score (nSPS) is 10.6. The van der Waals surface area contributed by atoms with Gasteiger partial charge in [-0.15, -0.1) is 0 Å². The monoisotopic (exact) mass is 276 g/mol. The van der Waals surface area contributed by atoms with Crippen LogP contribution in [0.1, 0.15) is 27.3 Å². The minimum atomic E-state index is -0.778. The molecule has 1 aromatic heterocycles. The molecule has 6 heteroatoms. The highest BCUT2D eigenvalue weighted by atomic mass is 19.1. The van der Waals surface area contributed by atoms with Crippen molar-refractivity contribution in [2.45, 2.75) is 20.4 Å². The molecular formula is C14H17FN4O. The molecule has 0 aliphatic carbocycles. The topological polar surface area (TPSA) is 72.9 Å². The van der Waals surface area contributed by atoms with Crippen LogP contribution >= 0.6 is 0 Å². The smallest absolute Gasteiger partial charge is 0.251 e. The van der Waals surface area contributed by atoms with Crippen molar-refractivity contribution in [1.82, 2.24) is 9.78 Å². The fraction of sp³-hybridized carbons (Fsp3) is 0.286. The van der Waals surface area contributed by atoms with Crippen molar-refractivity contribution in [1.29, 1.82) is 0 Å². The molecule has 0 radical (unpaired) electrons. The maximum Gasteiger partial charge on any atom is 0.251 e. The Morgan fingerprint density at radius 2 is 2.15 bits per heavy atom. The van der Waals surface area contributed by atoms with Gasteiger partial charge in [-0.2, -0.15) is 5.10 Å². The third kappa shape index (κ3) is 2.64. The number of primary amides is 1. The molecule has 0 saturated heterocycles. The lowest BCUT2D eigenvalue weighted by Gasteiger charge is -2.08. The van der Waals surface area contributed by atoms with Crippen molar-refractivity contribution in [3.63, 3.8) is 0 Å². The number of nitrogens with one attached hydrogen (secondary N) is 1. The summed E-state index contributed by atoms with van der Waals surface area (Å²) in [6.07, 6.45) is 0. The molecule has 0 saturated carbocycles. The van der Waals surface area contributed by atoms with Crippen molar-refractivity contribution in [2.75, 3.05) is 5.32 Å². The van der Waals surface area contributed by atoms with Crippen LogP contribution in [0.15, 0.2) is 18.2 Å². The van der Waals surface area contributed by atoms with Gasteiger partial charge in [0.05, 0.1) is 11.3 Å². The first-order valence-corrected chi connectivity index (χ1v) is 6.22. The highest BCUT2D eigenvalue weighted by Crippen LogP contribution is 2.17. The first-order valence-electron chi connectivity index (χ1n) is 6.22. The summed E-state index contributed by atoms with van der Waals surface area (Å²) in [6, 6.07) is 4.22. The summed E-state index contributed by atoms with van der Waals surface area (Å²) in [6.45, 7) is 4.47. The highest BCUT2D eigenvalue weighted by molar-refractivity contribution is 5.94. The van der Waals surface area contributed by atoms with Crippen LogP contribution in [0.3, 0.4) is 0 Å². The molecule has 5 nitrogen and oxygen atoms in total. The lowest BCUT2D eigenvalue weighted by molar-refractivity contribution is 0.0996. The molecule has 2 aromatic rings. The van der Waals surface area contributed by atoms with E-state index in [1.165, 1.54) is 12.1 Å². The number of benzene rings is 1. The molecule has 1 amide bonds. The molecule has 0 spiro atoms. The van der Waals surface area contributed by atoms with E-state index in [0.29, 0.717) is 12.2 Å². The van der Waals surface area contributed by atoms with E-state index in [1.54, 1.807) is 6.07 Å². The Balaban J connectivity index is 2.19. The summed E-state index contributed by atoms with van der Waals surface area (Å²) in [5.41, 5.74) is 8.73. The Labute approximate surface area is 116 Å². The molecule has 0 atom stereocenters. The van der Waals surface area contributed by atoms with Gasteiger partial charge in [-0.25, -0.2) is 4.39 Å².